The second-order valence-electron chi connectivity index (χ2n) is 4.76. The summed E-state index contributed by atoms with van der Waals surface area (Å²) in [7, 11) is 1.68. The van der Waals surface area contributed by atoms with Gasteiger partial charge >= 0.3 is 0 Å². The molecule has 92 valence electrons. The van der Waals surface area contributed by atoms with E-state index in [2.05, 4.69) is 19.2 Å². The Kier molecular flexibility index (Phi) is 8.02. The summed E-state index contributed by atoms with van der Waals surface area (Å²) in [6.07, 6.45) is 3.24. The predicted molar refractivity (Wildman–Crippen MR) is 64.1 cm³/mol. The van der Waals surface area contributed by atoms with Crippen molar-refractivity contribution < 1.29 is 9.84 Å². The van der Waals surface area contributed by atoms with E-state index in [1.54, 1.807) is 7.11 Å². The number of methoxy groups -OCH3 is 1. The highest BCUT2D eigenvalue weighted by molar-refractivity contribution is 4.77. The molecular formula is C12H27NO2. The summed E-state index contributed by atoms with van der Waals surface area (Å²) in [6, 6.07) is 0. The lowest BCUT2D eigenvalue weighted by atomic mass is 9.90. The van der Waals surface area contributed by atoms with Gasteiger partial charge in [-0.1, -0.05) is 26.7 Å². The molecule has 0 bridgehead atoms. The minimum absolute atomic E-state index is 0.592. The fourth-order valence-corrected chi connectivity index (χ4v) is 1.95. The zero-order valence-corrected chi connectivity index (χ0v) is 10.7. The molecule has 2 unspecified atom stereocenters. The minimum Gasteiger partial charge on any atom is -0.389 e. The second-order valence-corrected chi connectivity index (χ2v) is 4.76. The molecule has 3 nitrogen and oxygen atoms in total. The van der Waals surface area contributed by atoms with Crippen LogP contribution in [0.25, 0.3) is 0 Å². The van der Waals surface area contributed by atoms with Gasteiger partial charge in [-0.3, -0.25) is 0 Å². The lowest BCUT2D eigenvalue weighted by Crippen LogP contribution is -2.40. The van der Waals surface area contributed by atoms with Crippen molar-refractivity contribution in [3.05, 3.63) is 0 Å². The highest BCUT2D eigenvalue weighted by Gasteiger charge is 2.22. The molecule has 0 amide bonds. The molecular weight excluding hydrogens is 190 g/mol. The highest BCUT2D eigenvalue weighted by Crippen LogP contribution is 2.19. The van der Waals surface area contributed by atoms with Crippen LogP contribution in [-0.2, 0) is 4.74 Å². The number of aliphatic hydroxyl groups is 1. The van der Waals surface area contributed by atoms with E-state index >= 15 is 0 Å². The molecule has 0 saturated carbocycles. The number of rotatable bonds is 9. The van der Waals surface area contributed by atoms with Crippen LogP contribution in [0.1, 0.15) is 40.0 Å². The van der Waals surface area contributed by atoms with Crippen LogP contribution >= 0.6 is 0 Å². The molecule has 0 radical (unpaired) electrons. The van der Waals surface area contributed by atoms with Crippen molar-refractivity contribution in [1.29, 1.82) is 0 Å². The van der Waals surface area contributed by atoms with E-state index in [4.69, 9.17) is 4.74 Å². The summed E-state index contributed by atoms with van der Waals surface area (Å²) >= 11 is 0. The van der Waals surface area contributed by atoms with Gasteiger partial charge in [0.15, 0.2) is 0 Å². The maximum Gasteiger partial charge on any atom is 0.0746 e. The first-order chi connectivity index (χ1) is 7.02. The van der Waals surface area contributed by atoms with Crippen molar-refractivity contribution in [2.45, 2.75) is 45.6 Å². The molecule has 0 heterocycles. The van der Waals surface area contributed by atoms with E-state index in [0.29, 0.717) is 19.1 Å². The van der Waals surface area contributed by atoms with Crippen LogP contribution in [0.2, 0.25) is 0 Å². The quantitative estimate of drug-likeness (QED) is 0.579. The molecule has 0 aromatic heterocycles. The first kappa shape index (κ1) is 14.9. The summed E-state index contributed by atoms with van der Waals surface area (Å²) in [6.45, 7) is 8.42. The predicted octanol–water partition coefficient (Wildman–Crippen LogP) is 1.80. The summed E-state index contributed by atoms with van der Waals surface area (Å²) in [5.74, 6) is 0.592. The molecule has 0 aliphatic rings. The molecule has 0 aromatic carbocycles. The first-order valence-corrected chi connectivity index (χ1v) is 5.94. The molecule has 0 saturated heterocycles. The van der Waals surface area contributed by atoms with Crippen molar-refractivity contribution in [1.82, 2.24) is 5.32 Å². The number of ether oxygens (including phenoxy) is 1. The van der Waals surface area contributed by atoms with Gasteiger partial charge in [0.2, 0.25) is 0 Å². The third kappa shape index (κ3) is 8.85. The lowest BCUT2D eigenvalue weighted by molar-refractivity contribution is 0.0337. The van der Waals surface area contributed by atoms with E-state index in [0.717, 1.165) is 13.0 Å². The number of hydrogen-bond acceptors (Lipinski definition) is 3. The Morgan fingerprint density at radius 1 is 1.47 bits per heavy atom. The molecule has 3 heteroatoms. The molecule has 0 aliphatic heterocycles. The number of nitrogens with one attached hydrogen (secondary N) is 1. The van der Waals surface area contributed by atoms with Crippen LogP contribution in [0.4, 0.5) is 0 Å². The van der Waals surface area contributed by atoms with Crippen molar-refractivity contribution in [3.8, 4) is 0 Å². The van der Waals surface area contributed by atoms with Gasteiger partial charge in [-0.25, -0.2) is 0 Å². The maximum absolute atomic E-state index is 10.1. The van der Waals surface area contributed by atoms with Crippen LogP contribution in [-0.4, -0.2) is 37.5 Å². The first-order valence-electron chi connectivity index (χ1n) is 5.94. The van der Waals surface area contributed by atoms with Gasteiger partial charge < -0.3 is 15.2 Å². The summed E-state index contributed by atoms with van der Waals surface area (Å²) in [4.78, 5) is 0. The summed E-state index contributed by atoms with van der Waals surface area (Å²) < 4.78 is 4.93. The van der Waals surface area contributed by atoms with Crippen molar-refractivity contribution in [2.75, 3.05) is 26.8 Å². The monoisotopic (exact) mass is 217 g/mol. The van der Waals surface area contributed by atoms with Gasteiger partial charge in [0.1, 0.15) is 0 Å². The summed E-state index contributed by atoms with van der Waals surface area (Å²) in [5.41, 5.74) is -0.595. The van der Waals surface area contributed by atoms with E-state index < -0.39 is 5.60 Å². The van der Waals surface area contributed by atoms with Gasteiger partial charge in [0.05, 0.1) is 12.2 Å². The van der Waals surface area contributed by atoms with Gasteiger partial charge in [-0.15, -0.1) is 0 Å². The van der Waals surface area contributed by atoms with E-state index in [1.165, 1.54) is 12.8 Å². The smallest absolute Gasteiger partial charge is 0.0746 e. The zero-order chi connectivity index (χ0) is 11.7. The molecule has 2 N–H and O–H groups in total. The SMILES string of the molecule is CCCC(C)CC(C)(O)CNCCOC. The van der Waals surface area contributed by atoms with Crippen LogP contribution < -0.4 is 5.32 Å². The third-order valence-electron chi connectivity index (χ3n) is 2.56. The summed E-state index contributed by atoms with van der Waals surface area (Å²) in [5, 5.41) is 13.3. The zero-order valence-electron chi connectivity index (χ0n) is 10.7. The normalized spacial score (nSPS) is 17.4. The Morgan fingerprint density at radius 2 is 2.13 bits per heavy atom. The minimum atomic E-state index is -0.595. The Hall–Kier alpha value is -0.120. The Labute approximate surface area is 94.2 Å². The van der Waals surface area contributed by atoms with Crippen LogP contribution in [0.5, 0.6) is 0 Å². The average molecular weight is 217 g/mol. The van der Waals surface area contributed by atoms with Gasteiger partial charge in [-0.2, -0.15) is 0 Å². The topological polar surface area (TPSA) is 41.5 Å². The van der Waals surface area contributed by atoms with Crippen molar-refractivity contribution >= 4 is 0 Å². The van der Waals surface area contributed by atoms with Crippen LogP contribution in [0, 0.1) is 5.92 Å². The lowest BCUT2D eigenvalue weighted by Gasteiger charge is -2.27. The van der Waals surface area contributed by atoms with Gasteiger partial charge in [0, 0.05) is 20.2 Å². The Morgan fingerprint density at radius 3 is 2.67 bits per heavy atom. The van der Waals surface area contributed by atoms with Gasteiger partial charge in [-0.05, 0) is 19.3 Å². The molecule has 0 aromatic rings. The fourth-order valence-electron chi connectivity index (χ4n) is 1.95. The molecule has 2 atom stereocenters. The second kappa shape index (κ2) is 8.08. The molecule has 0 fully saturated rings. The fraction of sp³-hybridized carbons (Fsp3) is 1.00. The third-order valence-corrected chi connectivity index (χ3v) is 2.56. The number of hydrogen-bond donors (Lipinski definition) is 2. The molecule has 0 rings (SSSR count). The standard InChI is InChI=1S/C12H27NO2/c1-5-6-11(2)9-12(3,14)10-13-7-8-15-4/h11,13-14H,5-10H2,1-4H3. The Bertz CT molecular complexity index is 149. The molecule has 0 aliphatic carbocycles. The van der Waals surface area contributed by atoms with Crippen LogP contribution in [0.3, 0.4) is 0 Å². The highest BCUT2D eigenvalue weighted by atomic mass is 16.5. The maximum atomic E-state index is 10.1. The van der Waals surface area contributed by atoms with Gasteiger partial charge in [0.25, 0.3) is 0 Å². The van der Waals surface area contributed by atoms with Crippen molar-refractivity contribution in [3.63, 3.8) is 0 Å². The van der Waals surface area contributed by atoms with Crippen molar-refractivity contribution in [2.24, 2.45) is 5.92 Å². The molecule has 0 spiro atoms. The van der Waals surface area contributed by atoms with E-state index in [1.807, 2.05) is 6.92 Å². The van der Waals surface area contributed by atoms with Crippen LogP contribution in [0.15, 0.2) is 0 Å². The van der Waals surface area contributed by atoms with E-state index in [-0.39, 0.29) is 0 Å². The largest absolute Gasteiger partial charge is 0.389 e. The van der Waals surface area contributed by atoms with E-state index in [9.17, 15) is 5.11 Å². The average Bonchev–Trinajstić information content (AvgIpc) is 2.12. The molecule has 15 heavy (non-hydrogen) atoms. The Balaban J connectivity index is 3.65.